The fraction of sp³-hybridized carbons (Fsp3) is 0.562. The highest BCUT2D eigenvalue weighted by atomic mass is 32.2. The van der Waals surface area contributed by atoms with Gasteiger partial charge in [-0.15, -0.1) is 11.8 Å². The molecule has 0 aliphatic carbocycles. The van der Waals surface area contributed by atoms with Crippen LogP contribution in [0.2, 0.25) is 0 Å². The standard InChI is InChI=1S/C16H22N2O2S/c1-18-8-7-17-16(19)15(18)9-14(10-18)21-11-12-3-5-13(20-2)6-4-12/h3-6,14-15H,7-11H2,1-2H3/p+1/t14-,15-,18?/m0/s1. The van der Waals surface area contributed by atoms with Gasteiger partial charge in [0.15, 0.2) is 6.04 Å². The third-order valence-electron chi connectivity index (χ3n) is 4.73. The summed E-state index contributed by atoms with van der Waals surface area (Å²) in [5.41, 5.74) is 1.32. The van der Waals surface area contributed by atoms with Crippen molar-refractivity contribution in [2.45, 2.75) is 23.5 Å². The van der Waals surface area contributed by atoms with E-state index in [1.807, 2.05) is 23.9 Å². The Kier molecular flexibility index (Phi) is 4.13. The molecule has 1 unspecified atom stereocenters. The number of carbonyl (C=O) groups is 1. The lowest BCUT2D eigenvalue weighted by atomic mass is 10.1. The number of quaternary nitrogens is 1. The van der Waals surface area contributed by atoms with E-state index in [0.29, 0.717) is 5.25 Å². The molecule has 21 heavy (non-hydrogen) atoms. The van der Waals surface area contributed by atoms with Gasteiger partial charge in [-0.1, -0.05) is 12.1 Å². The van der Waals surface area contributed by atoms with Crippen molar-refractivity contribution in [1.29, 1.82) is 0 Å². The van der Waals surface area contributed by atoms with Gasteiger partial charge in [0.2, 0.25) is 0 Å². The number of methoxy groups -OCH3 is 1. The maximum absolute atomic E-state index is 12.0. The van der Waals surface area contributed by atoms with E-state index in [-0.39, 0.29) is 11.9 Å². The molecular formula is C16H23N2O2S+. The van der Waals surface area contributed by atoms with Crippen molar-refractivity contribution in [1.82, 2.24) is 5.32 Å². The van der Waals surface area contributed by atoms with Crippen LogP contribution in [0.4, 0.5) is 0 Å². The highest BCUT2D eigenvalue weighted by Crippen LogP contribution is 2.35. The van der Waals surface area contributed by atoms with Gasteiger partial charge in [0, 0.05) is 12.2 Å². The second kappa shape index (κ2) is 5.89. The molecule has 0 bridgehead atoms. The summed E-state index contributed by atoms with van der Waals surface area (Å²) in [5, 5.41) is 3.58. The summed E-state index contributed by atoms with van der Waals surface area (Å²) in [5.74, 6) is 2.15. The Hall–Kier alpha value is -1.20. The SMILES string of the molecule is COc1ccc(CS[C@H]2C[C@H]3C(=O)NCC[N+]3(C)C2)cc1. The molecular weight excluding hydrogens is 284 g/mol. The number of hydrogen-bond donors (Lipinski definition) is 1. The molecule has 0 radical (unpaired) electrons. The average Bonchev–Trinajstić information content (AvgIpc) is 2.84. The highest BCUT2D eigenvalue weighted by Gasteiger charge is 2.49. The minimum atomic E-state index is 0.159. The Bertz CT molecular complexity index is 520. The summed E-state index contributed by atoms with van der Waals surface area (Å²) >= 11 is 1.98. The number of piperazine rings is 1. The fourth-order valence-electron chi connectivity index (χ4n) is 3.42. The minimum absolute atomic E-state index is 0.159. The molecule has 0 spiro atoms. The van der Waals surface area contributed by atoms with Gasteiger partial charge in [-0.2, -0.15) is 0 Å². The highest BCUT2D eigenvalue weighted by molar-refractivity contribution is 7.99. The molecule has 3 rings (SSSR count). The number of ether oxygens (including phenoxy) is 1. The second-order valence-electron chi connectivity index (χ2n) is 6.21. The zero-order valence-corrected chi connectivity index (χ0v) is 13.5. The number of hydrogen-bond acceptors (Lipinski definition) is 3. The summed E-state index contributed by atoms with van der Waals surface area (Å²) in [6.45, 7) is 3.00. The topological polar surface area (TPSA) is 38.3 Å². The van der Waals surface area contributed by atoms with Crippen LogP contribution in [0, 0.1) is 0 Å². The Labute approximate surface area is 130 Å². The van der Waals surface area contributed by atoms with Crippen LogP contribution < -0.4 is 10.1 Å². The number of fused-ring (bicyclic) bond motifs is 1. The van der Waals surface area contributed by atoms with Crippen molar-refractivity contribution in [3.05, 3.63) is 29.8 Å². The molecule has 2 aliphatic heterocycles. The van der Waals surface area contributed by atoms with Gasteiger partial charge in [-0.05, 0) is 17.7 Å². The summed E-state index contributed by atoms with van der Waals surface area (Å²) in [4.78, 5) is 12.0. The molecule has 1 aromatic rings. The van der Waals surface area contributed by atoms with E-state index in [2.05, 4.69) is 24.5 Å². The molecule has 1 amide bonds. The molecule has 2 heterocycles. The molecule has 1 aromatic carbocycles. The molecule has 0 saturated carbocycles. The predicted molar refractivity (Wildman–Crippen MR) is 85.4 cm³/mol. The summed E-state index contributed by atoms with van der Waals surface area (Å²) in [7, 11) is 3.92. The van der Waals surface area contributed by atoms with Gasteiger partial charge < -0.3 is 14.5 Å². The van der Waals surface area contributed by atoms with E-state index in [4.69, 9.17) is 4.74 Å². The normalized spacial score (nSPS) is 31.6. The van der Waals surface area contributed by atoms with Gasteiger partial charge in [0.05, 0.1) is 39.0 Å². The Morgan fingerprint density at radius 1 is 1.38 bits per heavy atom. The lowest BCUT2D eigenvalue weighted by Gasteiger charge is -2.38. The third-order valence-corrected chi connectivity index (χ3v) is 6.04. The van der Waals surface area contributed by atoms with Crippen LogP contribution in [0.1, 0.15) is 12.0 Å². The van der Waals surface area contributed by atoms with Crippen molar-refractivity contribution in [3.63, 3.8) is 0 Å². The molecule has 4 nitrogen and oxygen atoms in total. The average molecular weight is 307 g/mol. The first kappa shape index (κ1) is 14.7. The zero-order chi connectivity index (χ0) is 14.9. The first-order valence-electron chi connectivity index (χ1n) is 7.47. The Balaban J connectivity index is 1.58. The van der Waals surface area contributed by atoms with Crippen LogP contribution in [-0.4, -0.2) is 55.5 Å². The summed E-state index contributed by atoms with van der Waals surface area (Å²) in [6, 6.07) is 8.42. The van der Waals surface area contributed by atoms with Crippen LogP contribution in [0.15, 0.2) is 24.3 Å². The van der Waals surface area contributed by atoms with E-state index in [1.165, 1.54) is 5.56 Å². The lowest BCUT2D eigenvalue weighted by molar-refractivity contribution is -0.913. The smallest absolute Gasteiger partial charge is 0.278 e. The monoisotopic (exact) mass is 307 g/mol. The van der Waals surface area contributed by atoms with E-state index >= 15 is 0 Å². The number of benzene rings is 1. The molecule has 2 fully saturated rings. The van der Waals surface area contributed by atoms with Crippen LogP contribution in [0.25, 0.3) is 0 Å². The summed E-state index contributed by atoms with van der Waals surface area (Å²) in [6.07, 6.45) is 1.00. The number of rotatable bonds is 4. The van der Waals surface area contributed by atoms with Gasteiger partial charge >= 0.3 is 0 Å². The van der Waals surface area contributed by atoms with Gasteiger partial charge in [-0.25, -0.2) is 0 Å². The van der Waals surface area contributed by atoms with Crippen molar-refractivity contribution in [2.24, 2.45) is 0 Å². The van der Waals surface area contributed by atoms with Crippen LogP contribution in [-0.2, 0) is 10.5 Å². The quantitative estimate of drug-likeness (QED) is 0.860. The maximum atomic E-state index is 12.0. The van der Waals surface area contributed by atoms with Crippen LogP contribution >= 0.6 is 11.8 Å². The fourth-order valence-corrected chi connectivity index (χ4v) is 4.80. The maximum Gasteiger partial charge on any atom is 0.278 e. The zero-order valence-electron chi connectivity index (χ0n) is 12.7. The van der Waals surface area contributed by atoms with Crippen molar-refractivity contribution < 1.29 is 14.0 Å². The van der Waals surface area contributed by atoms with E-state index in [0.717, 1.165) is 42.0 Å². The Morgan fingerprint density at radius 3 is 2.81 bits per heavy atom. The molecule has 114 valence electrons. The number of amides is 1. The van der Waals surface area contributed by atoms with Gasteiger partial charge in [0.25, 0.3) is 5.91 Å². The first-order valence-corrected chi connectivity index (χ1v) is 8.52. The summed E-state index contributed by atoms with van der Waals surface area (Å²) < 4.78 is 6.11. The predicted octanol–water partition coefficient (Wildman–Crippen LogP) is 1.65. The van der Waals surface area contributed by atoms with Crippen molar-refractivity contribution in [2.75, 3.05) is 33.8 Å². The molecule has 3 atom stereocenters. The second-order valence-corrected chi connectivity index (χ2v) is 7.50. The van der Waals surface area contributed by atoms with Crippen molar-refractivity contribution >= 4 is 17.7 Å². The number of carbonyl (C=O) groups excluding carboxylic acids is 1. The molecule has 2 aliphatic rings. The molecule has 1 N–H and O–H groups in total. The van der Waals surface area contributed by atoms with E-state index in [1.54, 1.807) is 7.11 Å². The molecule has 2 saturated heterocycles. The molecule has 0 aromatic heterocycles. The Morgan fingerprint density at radius 2 is 2.14 bits per heavy atom. The van der Waals surface area contributed by atoms with E-state index < -0.39 is 0 Å². The first-order chi connectivity index (χ1) is 10.1. The molecule has 5 heteroatoms. The van der Waals surface area contributed by atoms with Crippen molar-refractivity contribution in [3.8, 4) is 5.75 Å². The van der Waals surface area contributed by atoms with Gasteiger partial charge in [0.1, 0.15) is 5.75 Å². The lowest BCUT2D eigenvalue weighted by Crippen LogP contribution is -2.62. The number of nitrogens with zero attached hydrogens (tertiary/aromatic N) is 1. The van der Waals surface area contributed by atoms with Crippen LogP contribution in [0.3, 0.4) is 0 Å². The minimum Gasteiger partial charge on any atom is -0.497 e. The third kappa shape index (κ3) is 3.04. The number of thioether (sulfide) groups is 1. The number of nitrogens with one attached hydrogen (secondary N) is 1. The van der Waals surface area contributed by atoms with Crippen LogP contribution in [0.5, 0.6) is 5.75 Å². The number of likely N-dealkylation sites (N-methyl/N-ethyl adjacent to an activating group) is 1. The van der Waals surface area contributed by atoms with E-state index in [9.17, 15) is 4.79 Å². The van der Waals surface area contributed by atoms with Gasteiger partial charge in [-0.3, -0.25) is 4.79 Å². The largest absolute Gasteiger partial charge is 0.497 e.